The smallest absolute Gasteiger partial charge is 0.263 e. The second-order valence-corrected chi connectivity index (χ2v) is 8.58. The zero-order valence-electron chi connectivity index (χ0n) is 19.3. The van der Waals surface area contributed by atoms with Crippen LogP contribution in [0, 0.1) is 0 Å². The van der Waals surface area contributed by atoms with Crippen LogP contribution in [0.25, 0.3) is 11.2 Å². The molecule has 2 aliphatic rings. The van der Waals surface area contributed by atoms with Crippen LogP contribution in [0.3, 0.4) is 0 Å². The van der Waals surface area contributed by atoms with E-state index in [-0.39, 0.29) is 36.8 Å². The average molecular weight is 482 g/mol. The van der Waals surface area contributed by atoms with Gasteiger partial charge >= 0.3 is 0 Å². The highest BCUT2D eigenvalue weighted by Crippen LogP contribution is 2.25. The van der Waals surface area contributed by atoms with Crippen molar-refractivity contribution in [1.29, 1.82) is 0 Å². The van der Waals surface area contributed by atoms with Crippen molar-refractivity contribution in [3.63, 3.8) is 0 Å². The van der Waals surface area contributed by atoms with Crippen LogP contribution in [0.2, 0.25) is 0 Å². The number of hydrogen-bond acceptors (Lipinski definition) is 10. The Morgan fingerprint density at radius 2 is 2.14 bits per heavy atom. The highest BCUT2D eigenvalue weighted by Gasteiger charge is 2.27. The van der Waals surface area contributed by atoms with Crippen LogP contribution >= 0.6 is 0 Å². The van der Waals surface area contributed by atoms with Crippen LogP contribution in [0.1, 0.15) is 18.5 Å². The molecular formula is C23H27N7O5. The molecule has 35 heavy (non-hydrogen) atoms. The summed E-state index contributed by atoms with van der Waals surface area (Å²) in [6, 6.07) is 6.52. The van der Waals surface area contributed by atoms with E-state index in [2.05, 4.69) is 25.6 Å². The number of nitrogens with one attached hydrogen (secondary N) is 2. The molecule has 184 valence electrons. The predicted molar refractivity (Wildman–Crippen MR) is 126 cm³/mol. The number of anilines is 1. The second-order valence-electron chi connectivity index (χ2n) is 8.58. The number of fused-ring (bicyclic) bond motifs is 2. The van der Waals surface area contributed by atoms with Gasteiger partial charge in [0.1, 0.15) is 5.52 Å². The van der Waals surface area contributed by atoms with Gasteiger partial charge in [-0.1, -0.05) is 0 Å². The first-order chi connectivity index (χ1) is 17.0. The zero-order chi connectivity index (χ0) is 24.4. The van der Waals surface area contributed by atoms with Crippen molar-refractivity contribution in [3.05, 3.63) is 46.5 Å². The maximum Gasteiger partial charge on any atom is 0.263 e. The number of carbonyl (C=O) groups excluding carboxylic acids is 1. The van der Waals surface area contributed by atoms with E-state index in [0.717, 1.165) is 18.5 Å². The molecule has 2 aliphatic heterocycles. The lowest BCUT2D eigenvalue weighted by molar-refractivity contribution is -0.118. The predicted octanol–water partition coefficient (Wildman–Crippen LogP) is 0.191. The summed E-state index contributed by atoms with van der Waals surface area (Å²) in [5, 5.41) is 6.16. The summed E-state index contributed by atoms with van der Waals surface area (Å²) < 4.78 is 18.1. The van der Waals surface area contributed by atoms with Crippen LogP contribution in [-0.4, -0.2) is 63.9 Å². The quantitative estimate of drug-likeness (QED) is 0.426. The van der Waals surface area contributed by atoms with Gasteiger partial charge in [0, 0.05) is 31.2 Å². The molecule has 12 nitrogen and oxygen atoms in total. The Labute approximate surface area is 200 Å². The van der Waals surface area contributed by atoms with Crippen molar-refractivity contribution < 1.29 is 19.0 Å². The minimum absolute atomic E-state index is 0.00567. The summed E-state index contributed by atoms with van der Waals surface area (Å²) in [5.41, 5.74) is 8.07. The Kier molecular flexibility index (Phi) is 6.57. The summed E-state index contributed by atoms with van der Waals surface area (Å²) in [6.45, 7) is 1.28. The first-order valence-electron chi connectivity index (χ1n) is 11.4. The molecule has 0 bridgehead atoms. The van der Waals surface area contributed by atoms with Crippen LogP contribution in [0.4, 0.5) is 5.82 Å². The molecule has 5 rings (SSSR count). The number of hydrogen-bond donors (Lipinski definition) is 3. The molecule has 0 aliphatic carbocycles. The summed E-state index contributed by atoms with van der Waals surface area (Å²) in [6.07, 6.45) is 2.93. The van der Waals surface area contributed by atoms with Gasteiger partial charge in [0.2, 0.25) is 5.88 Å². The van der Waals surface area contributed by atoms with Gasteiger partial charge in [-0.15, -0.1) is 0 Å². The molecule has 5 heterocycles. The molecule has 3 atom stereocenters. The van der Waals surface area contributed by atoms with E-state index in [1.165, 1.54) is 23.9 Å². The molecule has 0 saturated carbocycles. The number of nitrogens with two attached hydrogens (primary N) is 1. The van der Waals surface area contributed by atoms with Crippen LogP contribution in [0.15, 0.2) is 35.3 Å². The molecule has 3 aromatic heterocycles. The fourth-order valence-electron chi connectivity index (χ4n) is 4.26. The van der Waals surface area contributed by atoms with Gasteiger partial charge in [-0.25, -0.2) is 9.97 Å². The second kappa shape index (κ2) is 9.94. The van der Waals surface area contributed by atoms with Crippen LogP contribution < -0.4 is 31.4 Å². The fraction of sp³-hybridized carbons (Fsp3) is 0.435. The van der Waals surface area contributed by atoms with Crippen molar-refractivity contribution in [3.8, 4) is 11.6 Å². The number of carbonyl (C=O) groups is 1. The molecule has 1 saturated heterocycles. The number of ether oxygens (including phenoxy) is 3. The molecule has 0 radical (unpaired) electrons. The minimum Gasteiger partial charge on any atom is -0.480 e. The molecule has 12 heteroatoms. The van der Waals surface area contributed by atoms with Gasteiger partial charge in [-0.2, -0.15) is 4.98 Å². The van der Waals surface area contributed by atoms with E-state index in [0.29, 0.717) is 41.8 Å². The van der Waals surface area contributed by atoms with Gasteiger partial charge in [0.25, 0.3) is 11.5 Å². The summed E-state index contributed by atoms with van der Waals surface area (Å²) >= 11 is 0. The number of rotatable bonds is 7. The highest BCUT2D eigenvalue weighted by molar-refractivity contribution is 5.94. The van der Waals surface area contributed by atoms with Crippen molar-refractivity contribution in [1.82, 2.24) is 24.8 Å². The lowest BCUT2D eigenvalue weighted by atomic mass is 9.99. The Morgan fingerprint density at radius 3 is 2.94 bits per heavy atom. The monoisotopic (exact) mass is 481 g/mol. The first kappa shape index (κ1) is 23.1. The number of nitrogens with zero attached hydrogens (tertiary/aromatic N) is 4. The minimum atomic E-state index is -0.391. The maximum atomic E-state index is 12.5. The summed E-state index contributed by atoms with van der Waals surface area (Å²) in [4.78, 5) is 37.2. The van der Waals surface area contributed by atoms with E-state index in [4.69, 9.17) is 19.9 Å². The van der Waals surface area contributed by atoms with Crippen molar-refractivity contribution in [2.45, 2.75) is 44.1 Å². The highest BCUT2D eigenvalue weighted by atomic mass is 16.5. The summed E-state index contributed by atoms with van der Waals surface area (Å²) in [5.74, 6) is 1.13. The van der Waals surface area contributed by atoms with Gasteiger partial charge in [-0.05, 0) is 31.0 Å². The van der Waals surface area contributed by atoms with E-state index >= 15 is 0 Å². The first-order valence-corrected chi connectivity index (χ1v) is 11.4. The molecule has 1 fully saturated rings. The SMILES string of the molecule is COc1cnc2ccc(=O)n(C[C@H](N)[C@@H]3CC[C@@H](NCc4ccc5c(n4)NC(=O)CO5)CO3)c2n1. The Hall–Kier alpha value is -3.61. The molecule has 4 N–H and O–H groups in total. The normalized spacial score (nSPS) is 20.6. The Bertz CT molecular complexity index is 1290. The maximum absolute atomic E-state index is 12.5. The van der Waals surface area contributed by atoms with Gasteiger partial charge in [0.05, 0.1) is 31.7 Å². The fourth-order valence-corrected chi connectivity index (χ4v) is 4.26. The van der Waals surface area contributed by atoms with Crippen LogP contribution in [0.5, 0.6) is 11.6 Å². The number of methoxy groups -OCH3 is 1. The van der Waals surface area contributed by atoms with Crippen molar-refractivity contribution >= 4 is 22.9 Å². The van der Waals surface area contributed by atoms with Gasteiger partial charge < -0.3 is 30.6 Å². The third-order valence-electron chi connectivity index (χ3n) is 6.16. The molecule has 0 unspecified atom stereocenters. The number of pyridine rings is 2. The standard InChI is InChI=1S/C23H27N7O5/c1-33-20-9-26-16-4-7-21(32)30(23(16)29-20)10-15(24)17-5-3-14(11-34-17)25-8-13-2-6-18-22(27-13)28-19(31)12-35-18/h2,4,6-7,9,14-15,17,25H,3,5,8,10-12,24H2,1H3,(H,27,28,31)/t14-,15+,17+/m1/s1. The zero-order valence-corrected chi connectivity index (χ0v) is 19.3. The van der Waals surface area contributed by atoms with E-state index in [9.17, 15) is 9.59 Å². The molecular weight excluding hydrogens is 454 g/mol. The third-order valence-corrected chi connectivity index (χ3v) is 6.16. The van der Waals surface area contributed by atoms with E-state index < -0.39 is 6.04 Å². The number of amides is 1. The van der Waals surface area contributed by atoms with E-state index in [1.54, 1.807) is 12.1 Å². The largest absolute Gasteiger partial charge is 0.480 e. The van der Waals surface area contributed by atoms with Crippen molar-refractivity contribution in [2.24, 2.45) is 5.73 Å². The topological polar surface area (TPSA) is 156 Å². The number of aromatic nitrogens is 4. The Morgan fingerprint density at radius 1 is 1.26 bits per heavy atom. The lowest BCUT2D eigenvalue weighted by Crippen LogP contribution is -2.48. The Balaban J connectivity index is 1.17. The lowest BCUT2D eigenvalue weighted by Gasteiger charge is -2.33. The molecule has 1 amide bonds. The van der Waals surface area contributed by atoms with Gasteiger partial charge in [0.15, 0.2) is 23.8 Å². The third kappa shape index (κ3) is 5.09. The molecule has 3 aromatic rings. The summed E-state index contributed by atoms with van der Waals surface area (Å²) in [7, 11) is 1.50. The van der Waals surface area contributed by atoms with Crippen LogP contribution in [-0.2, 0) is 22.6 Å². The van der Waals surface area contributed by atoms with Gasteiger partial charge in [-0.3, -0.25) is 14.2 Å². The van der Waals surface area contributed by atoms with Crippen molar-refractivity contribution in [2.75, 3.05) is 25.6 Å². The average Bonchev–Trinajstić information content (AvgIpc) is 2.88. The van der Waals surface area contributed by atoms with E-state index in [1.807, 2.05) is 6.07 Å². The molecule has 0 spiro atoms. The molecule has 0 aromatic carbocycles.